The normalized spacial score (nSPS) is 11.2. The zero-order valence-corrected chi connectivity index (χ0v) is 17.4. The number of amides is 1. The Labute approximate surface area is 169 Å². The van der Waals surface area contributed by atoms with E-state index in [2.05, 4.69) is 5.32 Å². The summed E-state index contributed by atoms with van der Waals surface area (Å²) in [6.07, 6.45) is 0.791. The molecule has 0 saturated carbocycles. The highest BCUT2D eigenvalue weighted by atomic mass is 32.2. The zero-order valence-electron chi connectivity index (χ0n) is 15.8. The molecule has 3 rings (SSSR count). The smallest absolute Gasteiger partial charge is 0.264 e. The number of benzene rings is 2. The van der Waals surface area contributed by atoms with E-state index in [0.717, 1.165) is 12.0 Å². The van der Waals surface area contributed by atoms with Crippen LogP contribution in [-0.4, -0.2) is 27.9 Å². The van der Waals surface area contributed by atoms with Crippen molar-refractivity contribution in [3.63, 3.8) is 0 Å². The molecule has 0 saturated heterocycles. The average molecular weight is 415 g/mol. The van der Waals surface area contributed by atoms with E-state index >= 15 is 0 Å². The van der Waals surface area contributed by atoms with E-state index in [1.807, 2.05) is 24.4 Å². The van der Waals surface area contributed by atoms with E-state index in [-0.39, 0.29) is 10.8 Å². The molecule has 0 spiro atoms. The molecule has 28 heavy (non-hydrogen) atoms. The highest BCUT2D eigenvalue weighted by Gasteiger charge is 2.21. The van der Waals surface area contributed by atoms with E-state index < -0.39 is 10.0 Å². The predicted molar refractivity (Wildman–Crippen MR) is 114 cm³/mol. The van der Waals surface area contributed by atoms with E-state index in [0.29, 0.717) is 17.8 Å². The second kappa shape index (κ2) is 8.58. The number of aryl methyl sites for hydroxylation is 1. The molecule has 5 nitrogen and oxygen atoms in total. The first-order chi connectivity index (χ1) is 13.4. The summed E-state index contributed by atoms with van der Waals surface area (Å²) in [5.41, 5.74) is 1.99. The van der Waals surface area contributed by atoms with Crippen molar-refractivity contribution < 1.29 is 13.2 Å². The Kier molecular flexibility index (Phi) is 6.16. The molecule has 1 heterocycles. The van der Waals surface area contributed by atoms with Crippen molar-refractivity contribution in [2.45, 2.75) is 18.2 Å². The molecule has 1 amide bonds. The van der Waals surface area contributed by atoms with Gasteiger partial charge in [-0.1, -0.05) is 23.8 Å². The summed E-state index contributed by atoms with van der Waals surface area (Å²) < 4.78 is 26.7. The number of sulfonamides is 1. The lowest BCUT2D eigenvalue weighted by Gasteiger charge is -2.20. The van der Waals surface area contributed by atoms with Crippen molar-refractivity contribution in [2.24, 2.45) is 0 Å². The third-order valence-corrected chi connectivity index (χ3v) is 7.15. The van der Waals surface area contributed by atoms with Gasteiger partial charge in [-0.15, -0.1) is 11.3 Å². The first-order valence-electron chi connectivity index (χ1n) is 8.84. The van der Waals surface area contributed by atoms with Crippen LogP contribution in [-0.2, 0) is 16.4 Å². The molecule has 0 atom stereocenters. The van der Waals surface area contributed by atoms with Crippen LogP contribution in [0.5, 0.6) is 0 Å². The van der Waals surface area contributed by atoms with Gasteiger partial charge < -0.3 is 5.32 Å². The molecule has 0 aliphatic rings. The average Bonchev–Trinajstić information content (AvgIpc) is 3.21. The predicted octanol–water partition coefficient (Wildman–Crippen LogP) is 3.85. The van der Waals surface area contributed by atoms with Gasteiger partial charge >= 0.3 is 0 Å². The molecule has 0 aliphatic carbocycles. The lowest BCUT2D eigenvalue weighted by Crippen LogP contribution is -2.27. The minimum atomic E-state index is -3.65. The van der Waals surface area contributed by atoms with Gasteiger partial charge in [0, 0.05) is 24.0 Å². The molecule has 3 aromatic rings. The highest BCUT2D eigenvalue weighted by Crippen LogP contribution is 2.22. The van der Waals surface area contributed by atoms with Gasteiger partial charge in [0.1, 0.15) is 0 Å². The number of nitrogens with zero attached hydrogens (tertiary/aromatic N) is 1. The van der Waals surface area contributed by atoms with Crippen molar-refractivity contribution in [3.8, 4) is 0 Å². The molecule has 0 unspecified atom stereocenters. The quantitative estimate of drug-likeness (QED) is 0.638. The number of hydrogen-bond acceptors (Lipinski definition) is 4. The van der Waals surface area contributed by atoms with Crippen LogP contribution in [0.2, 0.25) is 0 Å². The van der Waals surface area contributed by atoms with E-state index in [9.17, 15) is 13.2 Å². The van der Waals surface area contributed by atoms with Gasteiger partial charge in [-0.2, -0.15) is 0 Å². The first kappa shape index (κ1) is 20.1. The molecule has 0 bridgehead atoms. The van der Waals surface area contributed by atoms with Crippen LogP contribution >= 0.6 is 11.3 Å². The molecule has 0 radical (unpaired) electrons. The summed E-state index contributed by atoms with van der Waals surface area (Å²) in [6, 6.07) is 17.3. The summed E-state index contributed by atoms with van der Waals surface area (Å²) in [5.74, 6) is -0.174. The Bertz CT molecular complexity index is 1030. The van der Waals surface area contributed by atoms with Crippen molar-refractivity contribution in [3.05, 3.63) is 82.0 Å². The van der Waals surface area contributed by atoms with Crippen molar-refractivity contribution in [1.29, 1.82) is 0 Å². The Hall–Kier alpha value is -2.64. The molecule has 146 valence electrons. The van der Waals surface area contributed by atoms with Crippen LogP contribution in [0.1, 0.15) is 20.8 Å². The Balaban J connectivity index is 1.65. The fourth-order valence-electron chi connectivity index (χ4n) is 2.69. The SMILES string of the molecule is Cc1ccc(S(=O)(=O)N(C)c2ccc(C(=O)NCCc3cccs3)cc2)cc1. The standard InChI is InChI=1S/C21H22N2O3S2/c1-16-5-11-20(12-6-16)28(25,26)23(2)18-9-7-17(8-10-18)21(24)22-14-13-19-4-3-15-27-19/h3-12,15H,13-14H2,1-2H3,(H,22,24). The molecule has 0 aliphatic heterocycles. The number of nitrogens with one attached hydrogen (secondary N) is 1. The number of hydrogen-bond donors (Lipinski definition) is 1. The van der Waals surface area contributed by atoms with E-state index in [1.165, 1.54) is 16.2 Å². The monoisotopic (exact) mass is 414 g/mol. The number of thiophene rings is 1. The van der Waals surface area contributed by atoms with Crippen LogP contribution in [0.4, 0.5) is 5.69 Å². The van der Waals surface area contributed by atoms with Crippen molar-refractivity contribution >= 4 is 33.0 Å². The minimum Gasteiger partial charge on any atom is -0.352 e. The van der Waals surface area contributed by atoms with Crippen LogP contribution in [0, 0.1) is 6.92 Å². The maximum absolute atomic E-state index is 12.8. The maximum atomic E-state index is 12.8. The number of carbonyl (C=O) groups excluding carboxylic acids is 1. The van der Waals surface area contributed by atoms with Gasteiger partial charge in [-0.3, -0.25) is 9.10 Å². The van der Waals surface area contributed by atoms with Crippen LogP contribution < -0.4 is 9.62 Å². The minimum absolute atomic E-state index is 0.174. The van der Waals surface area contributed by atoms with Crippen molar-refractivity contribution in [1.82, 2.24) is 5.32 Å². The molecular formula is C21H22N2O3S2. The third-order valence-electron chi connectivity index (χ3n) is 4.41. The topological polar surface area (TPSA) is 66.5 Å². The largest absolute Gasteiger partial charge is 0.352 e. The van der Waals surface area contributed by atoms with Gasteiger partial charge in [0.25, 0.3) is 15.9 Å². The zero-order chi connectivity index (χ0) is 20.1. The molecule has 1 aromatic heterocycles. The summed E-state index contributed by atoms with van der Waals surface area (Å²) in [6.45, 7) is 2.47. The van der Waals surface area contributed by atoms with E-state index in [4.69, 9.17) is 0 Å². The summed E-state index contributed by atoms with van der Waals surface area (Å²) in [7, 11) is -2.14. The lowest BCUT2D eigenvalue weighted by atomic mass is 10.2. The Morgan fingerprint density at radius 2 is 1.71 bits per heavy atom. The second-order valence-electron chi connectivity index (χ2n) is 6.42. The second-order valence-corrected chi connectivity index (χ2v) is 9.42. The molecular weight excluding hydrogens is 392 g/mol. The van der Waals surface area contributed by atoms with Gasteiger partial charge in [0.2, 0.25) is 0 Å². The van der Waals surface area contributed by atoms with Gasteiger partial charge in [0.05, 0.1) is 10.6 Å². The van der Waals surface area contributed by atoms with Crippen LogP contribution in [0.3, 0.4) is 0 Å². The number of anilines is 1. The van der Waals surface area contributed by atoms with Gasteiger partial charge in [-0.05, 0) is 61.2 Å². The van der Waals surface area contributed by atoms with Crippen LogP contribution in [0.15, 0.2) is 70.9 Å². The molecule has 1 N–H and O–H groups in total. The fourth-order valence-corrected chi connectivity index (χ4v) is 4.59. The van der Waals surface area contributed by atoms with Crippen LogP contribution in [0.25, 0.3) is 0 Å². The van der Waals surface area contributed by atoms with Gasteiger partial charge in [-0.25, -0.2) is 8.42 Å². The highest BCUT2D eigenvalue weighted by molar-refractivity contribution is 7.92. The van der Waals surface area contributed by atoms with E-state index in [1.54, 1.807) is 59.9 Å². The third kappa shape index (κ3) is 4.61. The lowest BCUT2D eigenvalue weighted by molar-refractivity contribution is 0.0954. The number of carbonyl (C=O) groups is 1. The maximum Gasteiger partial charge on any atom is 0.264 e. The Morgan fingerprint density at radius 3 is 2.32 bits per heavy atom. The summed E-state index contributed by atoms with van der Waals surface area (Å²) in [5, 5.41) is 4.89. The summed E-state index contributed by atoms with van der Waals surface area (Å²) >= 11 is 1.66. The molecule has 7 heteroatoms. The van der Waals surface area contributed by atoms with Gasteiger partial charge in [0.15, 0.2) is 0 Å². The van der Waals surface area contributed by atoms with Crippen molar-refractivity contribution in [2.75, 3.05) is 17.9 Å². The first-order valence-corrected chi connectivity index (χ1v) is 11.2. The number of rotatable bonds is 7. The molecule has 0 fully saturated rings. The Morgan fingerprint density at radius 1 is 1.04 bits per heavy atom. The summed E-state index contributed by atoms with van der Waals surface area (Å²) in [4.78, 5) is 13.7. The fraction of sp³-hybridized carbons (Fsp3) is 0.190. The molecule has 2 aromatic carbocycles.